The van der Waals surface area contributed by atoms with Crippen molar-refractivity contribution in [1.82, 2.24) is 0 Å². The summed E-state index contributed by atoms with van der Waals surface area (Å²) in [7, 11) is 1.17. The summed E-state index contributed by atoms with van der Waals surface area (Å²) in [5.74, 6) is -0.887. The van der Waals surface area contributed by atoms with Gasteiger partial charge in [0.1, 0.15) is 19.8 Å². The predicted octanol–water partition coefficient (Wildman–Crippen LogP) is 9.05. The number of phosphoric ester groups is 1. The van der Waals surface area contributed by atoms with Crippen LogP contribution in [0.25, 0.3) is 0 Å². The van der Waals surface area contributed by atoms with Crippen LogP contribution in [-0.4, -0.2) is 70.0 Å². The van der Waals surface area contributed by atoms with E-state index in [1.54, 1.807) is 0 Å². The summed E-state index contributed by atoms with van der Waals surface area (Å²) in [4.78, 5) is 36.3. The van der Waals surface area contributed by atoms with E-state index in [9.17, 15) is 19.0 Å². The van der Waals surface area contributed by atoms with Crippen molar-refractivity contribution in [1.29, 1.82) is 0 Å². The summed E-state index contributed by atoms with van der Waals surface area (Å²) in [6, 6.07) is 0. The van der Waals surface area contributed by atoms with E-state index in [0.29, 0.717) is 17.4 Å². The van der Waals surface area contributed by atoms with Crippen molar-refractivity contribution >= 4 is 19.8 Å². The van der Waals surface area contributed by atoms with E-state index in [2.05, 4.69) is 6.92 Å². The van der Waals surface area contributed by atoms with Crippen LogP contribution in [-0.2, 0) is 32.7 Å². The molecule has 0 spiro atoms. The van der Waals surface area contributed by atoms with Crippen molar-refractivity contribution in [3.63, 3.8) is 0 Å². The number of ether oxygens (including phenoxy) is 2. The van der Waals surface area contributed by atoms with Crippen LogP contribution in [0.3, 0.4) is 0 Å². The third-order valence-corrected chi connectivity index (χ3v) is 9.06. The number of phosphoric acid groups is 1. The van der Waals surface area contributed by atoms with Gasteiger partial charge in [-0.15, -0.1) is 0 Å². The lowest BCUT2D eigenvalue weighted by atomic mass is 10.0. The van der Waals surface area contributed by atoms with Gasteiger partial charge in [-0.1, -0.05) is 142 Å². The molecule has 0 aliphatic rings. The standard InChI is InChI=1S/C36H72NO8P/c1-6-8-9-10-11-12-13-14-15-16-17-18-19-20-21-22-23-24-25-26-27-29-35(38)42-32-34(45-36(39)28-7-2)33-44-46(40,41)43-31-30-37(3,4)5/h34H,6-33H2,1-5H3/t34-/m1/s1. The van der Waals surface area contributed by atoms with Crippen LogP contribution in [0.4, 0.5) is 0 Å². The second kappa shape index (κ2) is 30.1. The molecule has 46 heavy (non-hydrogen) atoms. The highest BCUT2D eigenvalue weighted by Crippen LogP contribution is 2.38. The highest BCUT2D eigenvalue weighted by Gasteiger charge is 2.21. The first kappa shape index (κ1) is 45.0. The molecule has 9 nitrogen and oxygen atoms in total. The maximum absolute atomic E-state index is 12.2. The Kier molecular flexibility index (Phi) is 29.4. The minimum atomic E-state index is -4.58. The number of nitrogens with zero attached hydrogens (tertiary/aromatic N) is 1. The first-order chi connectivity index (χ1) is 22.0. The van der Waals surface area contributed by atoms with E-state index in [1.165, 1.54) is 116 Å². The molecule has 0 aromatic rings. The summed E-state index contributed by atoms with van der Waals surface area (Å²) in [6.45, 7) is 3.83. The molecule has 274 valence electrons. The van der Waals surface area contributed by atoms with Gasteiger partial charge in [0, 0.05) is 12.8 Å². The average Bonchev–Trinajstić information content (AvgIpc) is 2.98. The summed E-state index contributed by atoms with van der Waals surface area (Å²) in [5.41, 5.74) is 0. The lowest BCUT2D eigenvalue weighted by molar-refractivity contribution is -0.870. The summed E-state index contributed by atoms with van der Waals surface area (Å²) in [6.07, 6.45) is 27.5. The number of likely N-dealkylation sites (N-methyl/N-ethyl adjacent to an activating group) is 1. The van der Waals surface area contributed by atoms with Gasteiger partial charge in [-0.25, -0.2) is 0 Å². The Balaban J connectivity index is 3.84. The van der Waals surface area contributed by atoms with Crippen molar-refractivity contribution in [2.24, 2.45) is 0 Å². The Bertz CT molecular complexity index is 774. The van der Waals surface area contributed by atoms with Crippen LogP contribution in [0.1, 0.15) is 168 Å². The predicted molar refractivity (Wildman–Crippen MR) is 185 cm³/mol. The fraction of sp³-hybridized carbons (Fsp3) is 0.944. The van der Waals surface area contributed by atoms with Crippen LogP contribution in [0.5, 0.6) is 0 Å². The molecule has 0 saturated carbocycles. The summed E-state index contributed by atoms with van der Waals surface area (Å²) in [5, 5.41) is 0. The van der Waals surface area contributed by atoms with Crippen molar-refractivity contribution < 1.29 is 42.1 Å². The van der Waals surface area contributed by atoms with Gasteiger partial charge in [0.2, 0.25) is 0 Å². The van der Waals surface area contributed by atoms with Crippen LogP contribution in [0, 0.1) is 0 Å². The Labute approximate surface area is 283 Å². The SMILES string of the molecule is CCCCCCCCCCCCCCCCCCCCCCCC(=O)OC[C@H](COP(=O)([O-])OCC[N+](C)(C)C)OC(=O)CCC. The second-order valence-electron chi connectivity index (χ2n) is 14.0. The highest BCUT2D eigenvalue weighted by atomic mass is 31.2. The zero-order valence-corrected chi connectivity index (χ0v) is 31.4. The Morgan fingerprint density at radius 1 is 0.587 bits per heavy atom. The molecule has 0 fully saturated rings. The molecule has 0 bridgehead atoms. The third-order valence-electron chi connectivity index (χ3n) is 8.10. The number of quaternary nitrogens is 1. The Hall–Kier alpha value is -0.990. The van der Waals surface area contributed by atoms with Gasteiger partial charge in [-0.3, -0.25) is 14.2 Å². The Morgan fingerprint density at radius 2 is 1.02 bits per heavy atom. The first-order valence-electron chi connectivity index (χ1n) is 18.7. The van der Waals surface area contributed by atoms with Gasteiger partial charge in [0.25, 0.3) is 7.82 Å². The molecule has 0 saturated heterocycles. The smallest absolute Gasteiger partial charge is 0.306 e. The van der Waals surface area contributed by atoms with Crippen LogP contribution in [0.2, 0.25) is 0 Å². The van der Waals surface area contributed by atoms with Crippen LogP contribution >= 0.6 is 7.82 Å². The topological polar surface area (TPSA) is 111 Å². The molecule has 0 rings (SSSR count). The number of rotatable bonds is 34. The van der Waals surface area contributed by atoms with Gasteiger partial charge in [-0.05, 0) is 12.8 Å². The molecule has 0 aliphatic carbocycles. The molecule has 0 N–H and O–H groups in total. The zero-order valence-electron chi connectivity index (χ0n) is 30.5. The van der Waals surface area contributed by atoms with E-state index in [0.717, 1.165) is 19.3 Å². The van der Waals surface area contributed by atoms with Crippen LogP contribution in [0.15, 0.2) is 0 Å². The van der Waals surface area contributed by atoms with Crippen molar-refractivity contribution in [3.8, 4) is 0 Å². The number of esters is 2. The van der Waals surface area contributed by atoms with Crippen molar-refractivity contribution in [3.05, 3.63) is 0 Å². The Morgan fingerprint density at radius 3 is 1.43 bits per heavy atom. The van der Waals surface area contributed by atoms with E-state index in [4.69, 9.17) is 18.5 Å². The molecule has 0 aromatic heterocycles. The number of unbranched alkanes of at least 4 members (excludes halogenated alkanes) is 20. The highest BCUT2D eigenvalue weighted by molar-refractivity contribution is 7.45. The van der Waals surface area contributed by atoms with Gasteiger partial charge in [0.05, 0.1) is 27.7 Å². The van der Waals surface area contributed by atoms with Gasteiger partial charge < -0.3 is 27.9 Å². The zero-order chi connectivity index (χ0) is 34.4. The number of hydrogen-bond acceptors (Lipinski definition) is 8. The maximum atomic E-state index is 12.2. The monoisotopic (exact) mass is 677 g/mol. The van der Waals surface area contributed by atoms with Crippen LogP contribution < -0.4 is 4.89 Å². The molecule has 0 radical (unpaired) electrons. The first-order valence-corrected chi connectivity index (χ1v) is 20.2. The number of carbonyl (C=O) groups is 2. The average molecular weight is 678 g/mol. The molecule has 0 heterocycles. The van der Waals surface area contributed by atoms with E-state index in [-0.39, 0.29) is 32.0 Å². The van der Waals surface area contributed by atoms with E-state index >= 15 is 0 Å². The molecule has 1 unspecified atom stereocenters. The minimum absolute atomic E-state index is 0.0287. The summed E-state index contributed by atoms with van der Waals surface area (Å²) >= 11 is 0. The quantitative estimate of drug-likeness (QED) is 0.0287. The fourth-order valence-corrected chi connectivity index (χ4v) is 5.89. The molecule has 0 amide bonds. The molecular formula is C36H72NO8P. The maximum Gasteiger partial charge on any atom is 0.306 e. The van der Waals surface area contributed by atoms with E-state index < -0.39 is 26.5 Å². The fourth-order valence-electron chi connectivity index (χ4n) is 5.16. The lowest BCUT2D eigenvalue weighted by Gasteiger charge is -2.28. The normalized spacial score (nSPS) is 13.8. The van der Waals surface area contributed by atoms with Crippen molar-refractivity contribution in [2.45, 2.75) is 174 Å². The largest absolute Gasteiger partial charge is 0.756 e. The lowest BCUT2D eigenvalue weighted by Crippen LogP contribution is -2.37. The van der Waals surface area contributed by atoms with Gasteiger partial charge in [0.15, 0.2) is 6.10 Å². The van der Waals surface area contributed by atoms with E-state index in [1.807, 2.05) is 28.1 Å². The van der Waals surface area contributed by atoms with Gasteiger partial charge >= 0.3 is 11.9 Å². The molecular weight excluding hydrogens is 605 g/mol. The number of hydrogen-bond donors (Lipinski definition) is 0. The molecule has 0 aromatic carbocycles. The third kappa shape index (κ3) is 32.9. The summed E-state index contributed by atoms with van der Waals surface area (Å²) < 4.78 is 33.0. The minimum Gasteiger partial charge on any atom is -0.756 e. The second-order valence-corrected chi connectivity index (χ2v) is 15.4. The number of carbonyl (C=O) groups excluding carboxylic acids is 2. The van der Waals surface area contributed by atoms with Gasteiger partial charge in [-0.2, -0.15) is 0 Å². The molecule has 2 atom stereocenters. The molecule has 0 aliphatic heterocycles. The molecule has 10 heteroatoms. The van der Waals surface area contributed by atoms with Crippen molar-refractivity contribution in [2.75, 3.05) is 47.5 Å².